The Morgan fingerprint density at radius 3 is 2.94 bits per heavy atom. The fraction of sp³-hybridized carbons (Fsp3) is 0.538. The first-order valence-corrected chi connectivity index (χ1v) is 6.93. The highest BCUT2D eigenvalue weighted by Crippen LogP contribution is 2.30. The summed E-state index contributed by atoms with van der Waals surface area (Å²) in [5.41, 5.74) is 1.57. The van der Waals surface area contributed by atoms with Crippen LogP contribution in [-0.4, -0.2) is 22.3 Å². The topological polar surface area (TPSA) is 42.0 Å². The van der Waals surface area contributed by atoms with E-state index in [1.807, 2.05) is 19.1 Å². The Kier molecular flexibility index (Phi) is 4.15. The summed E-state index contributed by atoms with van der Waals surface area (Å²) in [4.78, 5) is 16.5. The molecule has 1 aliphatic rings. The van der Waals surface area contributed by atoms with E-state index in [1.165, 1.54) is 19.3 Å². The van der Waals surface area contributed by atoms with Crippen molar-refractivity contribution in [2.45, 2.75) is 31.0 Å². The second-order valence-electron chi connectivity index (χ2n) is 4.61. The van der Waals surface area contributed by atoms with E-state index in [0.717, 1.165) is 12.2 Å². The Morgan fingerprint density at radius 1 is 1.53 bits per heavy atom. The zero-order valence-corrected chi connectivity index (χ0v) is 11.5. The summed E-state index contributed by atoms with van der Waals surface area (Å²) in [7, 11) is 0. The van der Waals surface area contributed by atoms with Crippen LogP contribution in [0.2, 0.25) is 0 Å². The standard InChI is InChI=1S/C13H17BrN2O/c1-9-5-6-11(8-15-9)13(17)16-7-10-3-2-4-12(10)14/h5-6,8,10,12H,2-4,7H2,1H3,(H,16,17). The number of hydrogen-bond donors (Lipinski definition) is 1. The van der Waals surface area contributed by atoms with Gasteiger partial charge in [0.25, 0.3) is 5.91 Å². The Bertz CT molecular complexity index is 391. The number of carbonyl (C=O) groups is 1. The lowest BCUT2D eigenvalue weighted by Crippen LogP contribution is -2.31. The van der Waals surface area contributed by atoms with Crippen LogP contribution in [-0.2, 0) is 0 Å². The van der Waals surface area contributed by atoms with Gasteiger partial charge >= 0.3 is 0 Å². The number of amides is 1. The molecule has 1 amide bonds. The van der Waals surface area contributed by atoms with E-state index >= 15 is 0 Å². The van der Waals surface area contributed by atoms with Crippen LogP contribution in [0.4, 0.5) is 0 Å². The molecule has 92 valence electrons. The van der Waals surface area contributed by atoms with Gasteiger partial charge in [0, 0.05) is 23.3 Å². The van der Waals surface area contributed by atoms with Crippen molar-refractivity contribution in [2.24, 2.45) is 5.92 Å². The van der Waals surface area contributed by atoms with Gasteiger partial charge in [0.15, 0.2) is 0 Å². The number of carbonyl (C=O) groups excluding carboxylic acids is 1. The number of aryl methyl sites for hydroxylation is 1. The van der Waals surface area contributed by atoms with Gasteiger partial charge in [-0.05, 0) is 37.8 Å². The molecule has 2 rings (SSSR count). The highest BCUT2D eigenvalue weighted by Gasteiger charge is 2.25. The van der Waals surface area contributed by atoms with E-state index in [0.29, 0.717) is 16.3 Å². The van der Waals surface area contributed by atoms with Crippen molar-refractivity contribution in [3.05, 3.63) is 29.6 Å². The molecule has 4 heteroatoms. The summed E-state index contributed by atoms with van der Waals surface area (Å²) in [5.74, 6) is 0.543. The van der Waals surface area contributed by atoms with Crippen molar-refractivity contribution < 1.29 is 4.79 Å². The smallest absolute Gasteiger partial charge is 0.252 e. The third-order valence-corrected chi connectivity index (χ3v) is 4.47. The summed E-state index contributed by atoms with van der Waals surface area (Å²) in [6.45, 7) is 2.66. The zero-order valence-electron chi connectivity index (χ0n) is 9.95. The highest BCUT2D eigenvalue weighted by molar-refractivity contribution is 9.09. The number of hydrogen-bond acceptors (Lipinski definition) is 2. The van der Waals surface area contributed by atoms with Crippen LogP contribution in [0.1, 0.15) is 35.3 Å². The number of pyridine rings is 1. The summed E-state index contributed by atoms with van der Waals surface area (Å²) < 4.78 is 0. The first-order chi connectivity index (χ1) is 8.16. The maximum atomic E-state index is 11.9. The molecule has 0 radical (unpaired) electrons. The molecule has 2 unspecified atom stereocenters. The van der Waals surface area contributed by atoms with E-state index in [1.54, 1.807) is 6.20 Å². The molecule has 0 aromatic carbocycles. The van der Waals surface area contributed by atoms with Crippen LogP contribution in [0.25, 0.3) is 0 Å². The van der Waals surface area contributed by atoms with Crippen molar-refractivity contribution in [1.29, 1.82) is 0 Å². The molecule has 0 bridgehead atoms. The van der Waals surface area contributed by atoms with E-state index in [4.69, 9.17) is 0 Å². The maximum Gasteiger partial charge on any atom is 0.252 e. The molecule has 1 aliphatic carbocycles. The molecule has 0 spiro atoms. The zero-order chi connectivity index (χ0) is 12.3. The van der Waals surface area contributed by atoms with Gasteiger partial charge in [0.2, 0.25) is 0 Å². The summed E-state index contributed by atoms with van der Waals surface area (Å²) in [5, 5.41) is 2.98. The molecule has 1 N–H and O–H groups in total. The van der Waals surface area contributed by atoms with Gasteiger partial charge in [-0.1, -0.05) is 22.4 Å². The fourth-order valence-electron chi connectivity index (χ4n) is 2.15. The third-order valence-electron chi connectivity index (χ3n) is 3.26. The molecule has 2 atom stereocenters. The lowest BCUT2D eigenvalue weighted by Gasteiger charge is -2.14. The van der Waals surface area contributed by atoms with E-state index in [9.17, 15) is 4.79 Å². The molecule has 1 aromatic rings. The Balaban J connectivity index is 1.87. The average Bonchev–Trinajstić information content (AvgIpc) is 2.73. The van der Waals surface area contributed by atoms with Gasteiger partial charge in [-0.3, -0.25) is 9.78 Å². The van der Waals surface area contributed by atoms with Gasteiger partial charge < -0.3 is 5.32 Å². The quantitative estimate of drug-likeness (QED) is 0.872. The van der Waals surface area contributed by atoms with Crippen LogP contribution < -0.4 is 5.32 Å². The molecule has 17 heavy (non-hydrogen) atoms. The Hall–Kier alpha value is -0.900. The molecule has 0 saturated heterocycles. The van der Waals surface area contributed by atoms with Crippen molar-refractivity contribution in [3.63, 3.8) is 0 Å². The third kappa shape index (κ3) is 3.28. The van der Waals surface area contributed by atoms with Gasteiger partial charge in [-0.25, -0.2) is 0 Å². The van der Waals surface area contributed by atoms with Gasteiger partial charge in [-0.2, -0.15) is 0 Å². The minimum absolute atomic E-state index is 0.0240. The average molecular weight is 297 g/mol. The summed E-state index contributed by atoms with van der Waals surface area (Å²) in [6, 6.07) is 3.68. The first kappa shape index (κ1) is 12.6. The van der Waals surface area contributed by atoms with Crippen molar-refractivity contribution in [1.82, 2.24) is 10.3 Å². The van der Waals surface area contributed by atoms with Crippen LogP contribution in [0.5, 0.6) is 0 Å². The lowest BCUT2D eigenvalue weighted by atomic mass is 10.1. The number of halogens is 1. The number of aromatic nitrogens is 1. The molecule has 3 nitrogen and oxygen atoms in total. The van der Waals surface area contributed by atoms with Crippen LogP contribution in [0.3, 0.4) is 0 Å². The molecule has 0 aliphatic heterocycles. The minimum atomic E-state index is -0.0240. The monoisotopic (exact) mass is 296 g/mol. The van der Waals surface area contributed by atoms with E-state index in [-0.39, 0.29) is 5.91 Å². The van der Waals surface area contributed by atoms with Crippen LogP contribution in [0.15, 0.2) is 18.3 Å². The highest BCUT2D eigenvalue weighted by atomic mass is 79.9. The Labute approximate surface area is 110 Å². The number of nitrogens with one attached hydrogen (secondary N) is 1. The van der Waals surface area contributed by atoms with E-state index in [2.05, 4.69) is 26.2 Å². The largest absolute Gasteiger partial charge is 0.352 e. The number of alkyl halides is 1. The molecular weight excluding hydrogens is 280 g/mol. The minimum Gasteiger partial charge on any atom is -0.352 e. The van der Waals surface area contributed by atoms with Crippen LogP contribution >= 0.6 is 15.9 Å². The van der Waals surface area contributed by atoms with E-state index < -0.39 is 0 Å². The second kappa shape index (κ2) is 5.63. The second-order valence-corrected chi connectivity index (χ2v) is 5.78. The molecule has 1 fully saturated rings. The lowest BCUT2D eigenvalue weighted by molar-refractivity contribution is 0.0947. The normalized spacial score (nSPS) is 23.6. The molecule has 1 aromatic heterocycles. The van der Waals surface area contributed by atoms with Gasteiger partial charge in [-0.15, -0.1) is 0 Å². The molecule has 1 saturated carbocycles. The fourth-order valence-corrected chi connectivity index (χ4v) is 2.92. The summed E-state index contributed by atoms with van der Waals surface area (Å²) in [6.07, 6.45) is 5.29. The maximum absolute atomic E-state index is 11.9. The first-order valence-electron chi connectivity index (χ1n) is 6.02. The van der Waals surface area contributed by atoms with Crippen molar-refractivity contribution in [3.8, 4) is 0 Å². The predicted molar refractivity (Wildman–Crippen MR) is 71.4 cm³/mol. The van der Waals surface area contributed by atoms with Crippen molar-refractivity contribution >= 4 is 21.8 Å². The SMILES string of the molecule is Cc1ccc(C(=O)NCC2CCCC2Br)cn1. The number of nitrogens with zero attached hydrogens (tertiary/aromatic N) is 1. The number of rotatable bonds is 3. The molecule has 1 heterocycles. The summed E-state index contributed by atoms with van der Waals surface area (Å²) >= 11 is 3.66. The Morgan fingerprint density at radius 2 is 2.35 bits per heavy atom. The van der Waals surface area contributed by atoms with Crippen LogP contribution in [0, 0.1) is 12.8 Å². The van der Waals surface area contributed by atoms with Gasteiger partial charge in [0.1, 0.15) is 0 Å². The van der Waals surface area contributed by atoms with Crippen molar-refractivity contribution in [2.75, 3.05) is 6.54 Å². The predicted octanol–water partition coefficient (Wildman–Crippen LogP) is 2.68. The van der Waals surface area contributed by atoms with Gasteiger partial charge in [0.05, 0.1) is 5.56 Å². The molecular formula is C13H17BrN2O.